The maximum Gasteiger partial charge on any atom is 0.397 e. The first kappa shape index (κ1) is 53.6. The van der Waals surface area contributed by atoms with Gasteiger partial charge in [-0.05, 0) is 44.9 Å². The molecule has 0 aromatic rings. The van der Waals surface area contributed by atoms with Crippen molar-refractivity contribution >= 4 is 16.3 Å². The minimum atomic E-state index is -5.08. The summed E-state index contributed by atoms with van der Waals surface area (Å²) in [6.07, 6.45) is 30.7. The maximum absolute atomic E-state index is 13.0. The van der Waals surface area contributed by atoms with Crippen LogP contribution in [0.15, 0.2) is 24.3 Å². The van der Waals surface area contributed by atoms with Gasteiger partial charge in [0.15, 0.2) is 6.29 Å². The van der Waals surface area contributed by atoms with Crippen LogP contribution in [0.4, 0.5) is 0 Å². The molecule has 1 aliphatic heterocycles. The van der Waals surface area contributed by atoms with Gasteiger partial charge in [0.25, 0.3) is 0 Å². The number of amides is 1. The zero-order valence-electron chi connectivity index (χ0n) is 35.7. The quantitative estimate of drug-likeness (QED) is 0.0198. The Morgan fingerprint density at radius 1 is 0.684 bits per heavy atom. The van der Waals surface area contributed by atoms with Gasteiger partial charge in [-0.2, -0.15) is 8.42 Å². The van der Waals surface area contributed by atoms with E-state index >= 15 is 0 Å². The van der Waals surface area contributed by atoms with E-state index < -0.39 is 59.9 Å². The third-order valence-electron chi connectivity index (χ3n) is 10.7. The van der Waals surface area contributed by atoms with Gasteiger partial charge >= 0.3 is 10.4 Å². The molecule has 1 aliphatic rings. The van der Waals surface area contributed by atoms with E-state index in [1.807, 2.05) is 6.08 Å². The molecule has 6 N–H and O–H groups in total. The van der Waals surface area contributed by atoms with Gasteiger partial charge in [0.1, 0.15) is 24.4 Å². The van der Waals surface area contributed by atoms with Crippen molar-refractivity contribution in [2.75, 3.05) is 13.2 Å². The lowest BCUT2D eigenvalue weighted by molar-refractivity contribution is -0.298. The van der Waals surface area contributed by atoms with Gasteiger partial charge in [0, 0.05) is 6.42 Å². The number of allylic oxidation sites excluding steroid dienone is 3. The summed E-state index contributed by atoms with van der Waals surface area (Å²) in [5.74, 6) is -0.268. The summed E-state index contributed by atoms with van der Waals surface area (Å²) in [7, 11) is -5.08. The fourth-order valence-electron chi connectivity index (χ4n) is 7.15. The zero-order valence-corrected chi connectivity index (χ0v) is 36.5. The highest BCUT2D eigenvalue weighted by Gasteiger charge is 2.48. The van der Waals surface area contributed by atoms with E-state index in [1.165, 1.54) is 122 Å². The van der Waals surface area contributed by atoms with Crippen LogP contribution in [-0.2, 0) is 28.9 Å². The lowest BCUT2D eigenvalue weighted by Gasteiger charge is -2.41. The molecule has 13 heteroatoms. The lowest BCUT2D eigenvalue weighted by atomic mass is 9.99. The molecule has 336 valence electrons. The Hall–Kier alpha value is -1.42. The largest absolute Gasteiger partial charge is 0.397 e. The standard InChI is InChI=1S/C44H83NO11S/c1-3-5-7-9-11-13-15-17-18-19-20-22-24-26-28-30-32-34-40(48)45-37(38(47)33-31-29-27-25-23-21-16-14-12-10-8-6-4-2)36-54-44-42(50)43(56-57(51,52)53)41(49)39(35-46)55-44/h17-18,31,33,37-39,41-44,46-47,49-50H,3-16,19-30,32,34-36H2,1-2H3,(H,45,48)(H,51,52,53)/b18-17-,33-31+. The number of unbranched alkanes of at least 4 members (excludes halogenated alkanes) is 24. The second-order valence-electron chi connectivity index (χ2n) is 16.0. The first-order chi connectivity index (χ1) is 27.5. The van der Waals surface area contributed by atoms with Crippen LogP contribution < -0.4 is 5.32 Å². The van der Waals surface area contributed by atoms with Gasteiger partial charge in [-0.3, -0.25) is 9.35 Å². The predicted molar refractivity (Wildman–Crippen MR) is 227 cm³/mol. The van der Waals surface area contributed by atoms with Gasteiger partial charge in [-0.25, -0.2) is 4.18 Å². The Balaban J connectivity index is 2.53. The van der Waals surface area contributed by atoms with Gasteiger partial charge in [-0.15, -0.1) is 0 Å². The molecular formula is C44H83NO11S. The van der Waals surface area contributed by atoms with E-state index in [0.717, 1.165) is 44.9 Å². The third-order valence-corrected chi connectivity index (χ3v) is 11.2. The lowest BCUT2D eigenvalue weighted by Crippen LogP contribution is -2.61. The van der Waals surface area contributed by atoms with Crippen LogP contribution in [0.25, 0.3) is 0 Å². The molecule has 0 saturated carbocycles. The maximum atomic E-state index is 13.0. The molecule has 0 aliphatic carbocycles. The summed E-state index contributed by atoms with van der Waals surface area (Å²) in [4.78, 5) is 13.0. The molecule has 7 atom stereocenters. The SMILES string of the molecule is CCCCCCCC/C=C\CCCCCCCCCC(=O)NC(COC1OC(CO)C(O)C(OS(=O)(=O)O)C1O)C(O)/C=C/CCCCCCCCCCCCC. The molecule has 1 rings (SSSR count). The average Bonchev–Trinajstić information content (AvgIpc) is 3.18. The van der Waals surface area contributed by atoms with Crippen molar-refractivity contribution in [2.45, 2.75) is 236 Å². The minimum absolute atomic E-state index is 0.265. The number of ether oxygens (including phenoxy) is 2. The predicted octanol–water partition coefficient (Wildman–Crippen LogP) is 8.55. The van der Waals surface area contributed by atoms with E-state index in [4.69, 9.17) is 14.0 Å². The Labute approximate surface area is 346 Å². The Morgan fingerprint density at radius 3 is 1.58 bits per heavy atom. The molecule has 1 heterocycles. The molecule has 12 nitrogen and oxygen atoms in total. The molecule has 0 spiro atoms. The van der Waals surface area contributed by atoms with Crippen molar-refractivity contribution in [2.24, 2.45) is 0 Å². The van der Waals surface area contributed by atoms with Crippen LogP contribution in [0, 0.1) is 0 Å². The molecule has 0 radical (unpaired) electrons. The van der Waals surface area contributed by atoms with Crippen molar-refractivity contribution in [1.29, 1.82) is 0 Å². The second-order valence-corrected chi connectivity index (χ2v) is 17.0. The van der Waals surface area contributed by atoms with Gasteiger partial charge in [0.2, 0.25) is 5.91 Å². The Morgan fingerprint density at radius 2 is 1.12 bits per heavy atom. The number of aliphatic hydroxyl groups excluding tert-OH is 4. The zero-order chi connectivity index (χ0) is 42.0. The van der Waals surface area contributed by atoms with Crippen molar-refractivity contribution in [3.8, 4) is 0 Å². The fourth-order valence-corrected chi connectivity index (χ4v) is 7.66. The van der Waals surface area contributed by atoms with Crippen molar-refractivity contribution in [3.05, 3.63) is 24.3 Å². The topological polar surface area (TPSA) is 192 Å². The van der Waals surface area contributed by atoms with Crippen LogP contribution in [0.2, 0.25) is 0 Å². The normalized spacial score (nSPS) is 21.4. The molecule has 0 bridgehead atoms. The van der Waals surface area contributed by atoms with Crippen molar-refractivity contribution in [3.63, 3.8) is 0 Å². The molecular weight excluding hydrogens is 751 g/mol. The highest BCUT2D eigenvalue weighted by atomic mass is 32.3. The second kappa shape index (κ2) is 35.3. The highest BCUT2D eigenvalue weighted by Crippen LogP contribution is 2.26. The summed E-state index contributed by atoms with van der Waals surface area (Å²) >= 11 is 0. The van der Waals surface area contributed by atoms with E-state index in [1.54, 1.807) is 6.08 Å². The Kier molecular flexibility index (Phi) is 33.2. The van der Waals surface area contributed by atoms with Gasteiger partial charge in [-0.1, -0.05) is 167 Å². The fraction of sp³-hybridized carbons (Fsp3) is 0.886. The molecule has 7 unspecified atom stereocenters. The third kappa shape index (κ3) is 28.6. The summed E-state index contributed by atoms with van der Waals surface area (Å²) in [6.45, 7) is 3.37. The van der Waals surface area contributed by atoms with Crippen LogP contribution in [-0.4, -0.2) is 95.4 Å². The number of hydrogen-bond donors (Lipinski definition) is 6. The minimum Gasteiger partial charge on any atom is -0.394 e. The van der Waals surface area contributed by atoms with E-state index in [-0.39, 0.29) is 18.9 Å². The summed E-state index contributed by atoms with van der Waals surface area (Å²) in [5.41, 5.74) is 0. The number of nitrogens with one attached hydrogen (secondary N) is 1. The highest BCUT2D eigenvalue weighted by molar-refractivity contribution is 7.80. The van der Waals surface area contributed by atoms with Crippen LogP contribution in [0.3, 0.4) is 0 Å². The first-order valence-corrected chi connectivity index (χ1v) is 24.1. The number of rotatable bonds is 38. The van der Waals surface area contributed by atoms with E-state index in [0.29, 0.717) is 6.42 Å². The summed E-state index contributed by atoms with van der Waals surface area (Å²) < 4.78 is 47.5. The molecule has 0 aromatic heterocycles. The number of carbonyl (C=O) groups is 1. The molecule has 1 saturated heterocycles. The monoisotopic (exact) mass is 834 g/mol. The van der Waals surface area contributed by atoms with Gasteiger partial charge in [0.05, 0.1) is 25.4 Å². The van der Waals surface area contributed by atoms with E-state index in [2.05, 4.69) is 35.5 Å². The number of aliphatic hydroxyl groups is 4. The number of hydrogen-bond acceptors (Lipinski definition) is 10. The van der Waals surface area contributed by atoms with Gasteiger partial charge < -0.3 is 35.2 Å². The van der Waals surface area contributed by atoms with E-state index in [9.17, 15) is 33.6 Å². The first-order valence-electron chi connectivity index (χ1n) is 22.7. The molecule has 0 aromatic carbocycles. The molecule has 1 amide bonds. The molecule has 1 fully saturated rings. The van der Waals surface area contributed by atoms with Crippen LogP contribution >= 0.6 is 0 Å². The average molecular weight is 834 g/mol. The number of carbonyl (C=O) groups excluding carboxylic acids is 1. The van der Waals surface area contributed by atoms with Crippen LogP contribution in [0.1, 0.15) is 194 Å². The summed E-state index contributed by atoms with van der Waals surface area (Å²) in [6, 6.07) is -0.943. The molecule has 57 heavy (non-hydrogen) atoms. The van der Waals surface area contributed by atoms with Crippen molar-refractivity contribution < 1.29 is 51.8 Å². The Bertz CT molecular complexity index is 1120. The smallest absolute Gasteiger partial charge is 0.394 e. The van der Waals surface area contributed by atoms with Crippen molar-refractivity contribution in [1.82, 2.24) is 5.32 Å². The summed E-state index contributed by atoms with van der Waals surface area (Å²) in [5, 5.41) is 44.6. The van der Waals surface area contributed by atoms with Crippen LogP contribution in [0.5, 0.6) is 0 Å².